The van der Waals surface area contributed by atoms with Gasteiger partial charge in [0, 0.05) is 19.6 Å². The summed E-state index contributed by atoms with van der Waals surface area (Å²) in [6.07, 6.45) is 1.09. The lowest BCUT2D eigenvalue weighted by Gasteiger charge is -2.27. The number of aryl methyl sites for hydroxylation is 1. The minimum absolute atomic E-state index is 0.733. The van der Waals surface area contributed by atoms with Crippen LogP contribution in [0.4, 0.5) is 0 Å². The van der Waals surface area contributed by atoms with Crippen LogP contribution in [0.2, 0.25) is 0 Å². The first kappa shape index (κ1) is 13.4. The largest absolute Gasteiger partial charge is 0.494 e. The van der Waals surface area contributed by atoms with Gasteiger partial charge in [0.25, 0.3) is 0 Å². The number of hydrogen-bond donors (Lipinski definition) is 2. The minimum Gasteiger partial charge on any atom is -0.494 e. The van der Waals surface area contributed by atoms with E-state index in [2.05, 4.69) is 35.8 Å². The smallest absolute Gasteiger partial charge is 0.122 e. The van der Waals surface area contributed by atoms with Crippen LogP contribution < -0.4 is 15.4 Å². The molecule has 3 heteroatoms. The first-order valence-electron chi connectivity index (χ1n) is 6.93. The molecule has 0 aliphatic carbocycles. The lowest BCUT2D eigenvalue weighted by atomic mass is 10.0. The molecule has 18 heavy (non-hydrogen) atoms. The van der Waals surface area contributed by atoms with Crippen molar-refractivity contribution in [3.8, 4) is 5.75 Å². The van der Waals surface area contributed by atoms with Crippen LogP contribution in [0.15, 0.2) is 18.2 Å². The number of nitrogens with one attached hydrogen (secondary N) is 2. The van der Waals surface area contributed by atoms with Gasteiger partial charge in [0.05, 0.1) is 6.61 Å². The fourth-order valence-electron chi connectivity index (χ4n) is 2.22. The van der Waals surface area contributed by atoms with Crippen LogP contribution >= 0.6 is 0 Å². The van der Waals surface area contributed by atoms with E-state index in [4.69, 9.17) is 4.74 Å². The molecule has 1 fully saturated rings. The Morgan fingerprint density at radius 2 is 2.22 bits per heavy atom. The normalized spacial score (nSPS) is 15.4. The summed E-state index contributed by atoms with van der Waals surface area (Å²) in [6.45, 7) is 9.42. The average molecular weight is 248 g/mol. The van der Waals surface area contributed by atoms with Crippen LogP contribution in [0.1, 0.15) is 18.1 Å². The van der Waals surface area contributed by atoms with Gasteiger partial charge in [0.15, 0.2) is 0 Å². The average Bonchev–Trinajstić information content (AvgIpc) is 2.30. The van der Waals surface area contributed by atoms with E-state index in [-0.39, 0.29) is 0 Å². The van der Waals surface area contributed by atoms with Gasteiger partial charge in [0.1, 0.15) is 5.75 Å². The molecule has 0 aromatic heterocycles. The molecule has 0 bridgehead atoms. The Morgan fingerprint density at radius 3 is 2.83 bits per heavy atom. The molecule has 1 saturated heterocycles. The molecule has 1 heterocycles. The predicted octanol–water partition coefficient (Wildman–Crippen LogP) is 1.75. The second-order valence-corrected chi connectivity index (χ2v) is 5.01. The van der Waals surface area contributed by atoms with Crippen molar-refractivity contribution >= 4 is 0 Å². The molecule has 0 unspecified atom stereocenters. The Hall–Kier alpha value is -1.06. The van der Waals surface area contributed by atoms with Gasteiger partial charge in [-0.05, 0) is 49.9 Å². The van der Waals surface area contributed by atoms with Crippen molar-refractivity contribution in [2.45, 2.75) is 20.3 Å². The van der Waals surface area contributed by atoms with E-state index in [1.54, 1.807) is 0 Å². The molecule has 100 valence electrons. The third kappa shape index (κ3) is 3.72. The first-order chi connectivity index (χ1) is 8.79. The van der Waals surface area contributed by atoms with Crippen molar-refractivity contribution in [2.75, 3.05) is 32.8 Å². The van der Waals surface area contributed by atoms with Gasteiger partial charge >= 0.3 is 0 Å². The van der Waals surface area contributed by atoms with Crippen LogP contribution in [0.25, 0.3) is 0 Å². The Labute approximate surface area is 110 Å². The maximum Gasteiger partial charge on any atom is 0.122 e. The third-order valence-corrected chi connectivity index (χ3v) is 3.43. The molecule has 0 saturated carbocycles. The Balaban J connectivity index is 1.73. The van der Waals surface area contributed by atoms with Crippen molar-refractivity contribution in [3.63, 3.8) is 0 Å². The van der Waals surface area contributed by atoms with Crippen molar-refractivity contribution < 1.29 is 4.74 Å². The minimum atomic E-state index is 0.733. The fourth-order valence-corrected chi connectivity index (χ4v) is 2.22. The molecule has 2 N–H and O–H groups in total. The summed E-state index contributed by atoms with van der Waals surface area (Å²) in [6, 6.07) is 6.49. The summed E-state index contributed by atoms with van der Waals surface area (Å²) in [4.78, 5) is 0. The Kier molecular flexibility index (Phi) is 5.02. The second kappa shape index (κ2) is 6.76. The maximum atomic E-state index is 5.55. The molecule has 0 atom stereocenters. The summed E-state index contributed by atoms with van der Waals surface area (Å²) >= 11 is 0. The van der Waals surface area contributed by atoms with Gasteiger partial charge in [-0.2, -0.15) is 0 Å². The first-order valence-corrected chi connectivity index (χ1v) is 6.93. The predicted molar refractivity (Wildman–Crippen MR) is 75.3 cm³/mol. The topological polar surface area (TPSA) is 33.3 Å². The molecular weight excluding hydrogens is 224 g/mol. The van der Waals surface area contributed by atoms with E-state index in [1.807, 2.05) is 6.92 Å². The second-order valence-electron chi connectivity index (χ2n) is 5.01. The fraction of sp³-hybridized carbons (Fsp3) is 0.600. The van der Waals surface area contributed by atoms with Crippen LogP contribution in [0.5, 0.6) is 5.75 Å². The van der Waals surface area contributed by atoms with Crippen LogP contribution in [0.3, 0.4) is 0 Å². The van der Waals surface area contributed by atoms with Crippen LogP contribution in [0, 0.1) is 12.8 Å². The molecule has 3 nitrogen and oxygen atoms in total. The molecule has 0 spiro atoms. The Morgan fingerprint density at radius 1 is 1.39 bits per heavy atom. The number of benzene rings is 1. The lowest BCUT2D eigenvalue weighted by Crippen LogP contribution is -2.47. The van der Waals surface area contributed by atoms with Gasteiger partial charge in [0.2, 0.25) is 0 Å². The monoisotopic (exact) mass is 248 g/mol. The van der Waals surface area contributed by atoms with E-state index < -0.39 is 0 Å². The lowest BCUT2D eigenvalue weighted by molar-refractivity contribution is 0.332. The van der Waals surface area contributed by atoms with Crippen LogP contribution in [-0.4, -0.2) is 32.8 Å². The van der Waals surface area contributed by atoms with Crippen LogP contribution in [-0.2, 0) is 6.42 Å². The highest BCUT2D eigenvalue weighted by Crippen LogP contribution is 2.19. The molecule has 0 amide bonds. The molecule has 1 aliphatic heterocycles. The Bertz CT molecular complexity index is 375. The van der Waals surface area contributed by atoms with E-state index in [0.29, 0.717) is 0 Å². The van der Waals surface area contributed by atoms with Gasteiger partial charge in [-0.25, -0.2) is 0 Å². The highest BCUT2D eigenvalue weighted by molar-refractivity contribution is 5.36. The summed E-state index contributed by atoms with van der Waals surface area (Å²) in [5.41, 5.74) is 2.62. The zero-order valence-electron chi connectivity index (χ0n) is 11.5. The van der Waals surface area contributed by atoms with Gasteiger partial charge < -0.3 is 15.4 Å². The van der Waals surface area contributed by atoms with Gasteiger partial charge in [-0.15, -0.1) is 0 Å². The summed E-state index contributed by atoms with van der Waals surface area (Å²) < 4.78 is 5.55. The van der Waals surface area contributed by atoms with E-state index in [9.17, 15) is 0 Å². The van der Waals surface area contributed by atoms with Crippen molar-refractivity contribution in [3.05, 3.63) is 29.3 Å². The third-order valence-electron chi connectivity index (χ3n) is 3.43. The van der Waals surface area contributed by atoms with Crippen molar-refractivity contribution in [1.29, 1.82) is 0 Å². The van der Waals surface area contributed by atoms with Crippen molar-refractivity contribution in [2.24, 2.45) is 5.92 Å². The van der Waals surface area contributed by atoms with Gasteiger partial charge in [-0.1, -0.05) is 12.1 Å². The quantitative estimate of drug-likeness (QED) is 0.721. The molecule has 1 aromatic rings. The zero-order valence-corrected chi connectivity index (χ0v) is 11.5. The van der Waals surface area contributed by atoms with Gasteiger partial charge in [-0.3, -0.25) is 0 Å². The summed E-state index contributed by atoms with van der Waals surface area (Å²) in [7, 11) is 0. The molecule has 2 rings (SSSR count). The standard InChI is InChI=1S/C15H24N2O/c1-3-18-15-5-4-13(8-12(15)2)6-7-16-9-14-10-17-11-14/h4-5,8,14,16-17H,3,6-7,9-11H2,1-2H3. The van der Waals surface area contributed by atoms with E-state index >= 15 is 0 Å². The maximum absolute atomic E-state index is 5.55. The molecule has 1 aromatic carbocycles. The van der Waals surface area contributed by atoms with E-state index in [0.717, 1.165) is 37.8 Å². The van der Waals surface area contributed by atoms with E-state index in [1.165, 1.54) is 24.2 Å². The molecule has 0 radical (unpaired) electrons. The SMILES string of the molecule is CCOc1ccc(CCNCC2CNC2)cc1C. The number of ether oxygens (including phenoxy) is 1. The zero-order chi connectivity index (χ0) is 12.8. The van der Waals surface area contributed by atoms with Crippen molar-refractivity contribution in [1.82, 2.24) is 10.6 Å². The number of hydrogen-bond acceptors (Lipinski definition) is 3. The molecular formula is C15H24N2O. The highest BCUT2D eigenvalue weighted by atomic mass is 16.5. The number of rotatable bonds is 7. The highest BCUT2D eigenvalue weighted by Gasteiger charge is 2.15. The summed E-state index contributed by atoms with van der Waals surface area (Å²) in [5, 5.41) is 6.82. The molecule has 1 aliphatic rings. The summed E-state index contributed by atoms with van der Waals surface area (Å²) in [5.74, 6) is 1.85.